The Morgan fingerprint density at radius 3 is 2.48 bits per heavy atom. The van der Waals surface area contributed by atoms with E-state index in [1.54, 1.807) is 6.07 Å². The molecule has 0 amide bonds. The van der Waals surface area contributed by atoms with Gasteiger partial charge in [0.15, 0.2) is 5.69 Å². The molecule has 0 spiro atoms. The second kappa shape index (κ2) is 5.95. The Bertz CT molecular complexity index is 665. The van der Waals surface area contributed by atoms with Crippen LogP contribution in [0.4, 0.5) is 24.7 Å². The van der Waals surface area contributed by atoms with Gasteiger partial charge in [-0.2, -0.15) is 13.2 Å². The van der Waals surface area contributed by atoms with Gasteiger partial charge in [-0.3, -0.25) is 0 Å². The minimum atomic E-state index is -4.62. The largest absolute Gasteiger partial charge is 0.497 e. The summed E-state index contributed by atoms with van der Waals surface area (Å²) in [4.78, 5) is 6.82. The molecule has 0 aliphatic rings. The molecule has 0 atom stereocenters. The molecule has 2 aromatic rings. The number of nitrogens with zero attached hydrogens (tertiary/aromatic N) is 2. The number of alkyl halides is 3. The van der Waals surface area contributed by atoms with E-state index >= 15 is 0 Å². The highest BCUT2D eigenvalue weighted by Crippen LogP contribution is 2.32. The van der Waals surface area contributed by atoms with E-state index in [0.717, 1.165) is 6.07 Å². The van der Waals surface area contributed by atoms with E-state index in [9.17, 15) is 13.2 Å². The minimum absolute atomic E-state index is 0.127. The maximum Gasteiger partial charge on any atom is 0.433 e. The molecule has 0 saturated carbocycles. The maximum atomic E-state index is 12.7. The first kappa shape index (κ1) is 15.7. The number of aromatic nitrogens is 2. The molecule has 0 unspecified atom stereocenters. The summed E-state index contributed by atoms with van der Waals surface area (Å²) in [6.07, 6.45) is -4.62. The van der Waals surface area contributed by atoms with Crippen LogP contribution in [0.2, 0.25) is 10.3 Å². The molecule has 1 aromatic carbocycles. The van der Waals surface area contributed by atoms with Gasteiger partial charge in [0.1, 0.15) is 11.6 Å². The van der Waals surface area contributed by atoms with Gasteiger partial charge in [0, 0.05) is 12.1 Å². The van der Waals surface area contributed by atoms with Crippen molar-refractivity contribution >= 4 is 34.7 Å². The maximum absolute atomic E-state index is 12.7. The zero-order chi connectivity index (χ0) is 15.6. The van der Waals surface area contributed by atoms with E-state index in [0.29, 0.717) is 16.5 Å². The number of rotatable bonds is 3. The Hall–Kier alpha value is -1.73. The van der Waals surface area contributed by atoms with Crippen molar-refractivity contribution in [2.75, 3.05) is 12.4 Å². The van der Waals surface area contributed by atoms with Gasteiger partial charge in [0.25, 0.3) is 0 Å². The first-order chi connectivity index (χ1) is 9.79. The fraction of sp³-hybridized carbons (Fsp3) is 0.167. The Balaban J connectivity index is 2.38. The van der Waals surface area contributed by atoms with Crippen LogP contribution in [0.15, 0.2) is 24.3 Å². The van der Waals surface area contributed by atoms with Crippen molar-refractivity contribution in [2.24, 2.45) is 0 Å². The van der Waals surface area contributed by atoms with Crippen molar-refractivity contribution in [1.29, 1.82) is 0 Å². The van der Waals surface area contributed by atoms with Crippen LogP contribution in [0.1, 0.15) is 5.69 Å². The van der Waals surface area contributed by atoms with E-state index in [4.69, 9.17) is 27.9 Å². The Morgan fingerprint density at radius 1 is 1.14 bits per heavy atom. The van der Waals surface area contributed by atoms with Crippen molar-refractivity contribution < 1.29 is 17.9 Å². The lowest BCUT2D eigenvalue weighted by Crippen LogP contribution is -2.10. The first-order valence-corrected chi connectivity index (χ1v) is 6.27. The number of ether oxygens (including phenoxy) is 1. The van der Waals surface area contributed by atoms with E-state index in [1.807, 2.05) is 0 Å². The second-order valence-corrected chi connectivity index (χ2v) is 4.62. The topological polar surface area (TPSA) is 47.0 Å². The summed E-state index contributed by atoms with van der Waals surface area (Å²) < 4.78 is 43.0. The number of hydrogen-bond donors (Lipinski definition) is 1. The fourth-order valence-corrected chi connectivity index (χ4v) is 1.84. The summed E-state index contributed by atoms with van der Waals surface area (Å²) >= 11 is 11.5. The SMILES string of the molecule is COc1ccc(Cl)c(Nc2cc(C(F)(F)F)nc(Cl)n2)c1. The molecule has 1 heterocycles. The van der Waals surface area contributed by atoms with Gasteiger partial charge in [-0.25, -0.2) is 9.97 Å². The van der Waals surface area contributed by atoms with Gasteiger partial charge in [-0.15, -0.1) is 0 Å². The number of halogens is 5. The fourth-order valence-electron chi connectivity index (χ4n) is 1.49. The number of nitrogens with one attached hydrogen (secondary N) is 1. The van der Waals surface area contributed by atoms with Crippen molar-refractivity contribution in [2.45, 2.75) is 6.18 Å². The lowest BCUT2D eigenvalue weighted by Gasteiger charge is -2.11. The number of hydrogen-bond acceptors (Lipinski definition) is 4. The number of benzene rings is 1. The molecule has 0 bridgehead atoms. The molecule has 21 heavy (non-hydrogen) atoms. The molecular formula is C12H8Cl2F3N3O. The second-order valence-electron chi connectivity index (χ2n) is 3.88. The van der Waals surface area contributed by atoms with Crippen molar-refractivity contribution in [1.82, 2.24) is 9.97 Å². The van der Waals surface area contributed by atoms with Gasteiger partial charge >= 0.3 is 6.18 Å². The standard InChI is InChI=1S/C12H8Cl2F3N3O/c1-21-6-2-3-7(13)8(4-6)18-10-5-9(12(15,16)17)19-11(14)20-10/h2-5H,1H3,(H,18,19,20). The zero-order valence-electron chi connectivity index (χ0n) is 10.5. The average Bonchev–Trinajstić information content (AvgIpc) is 2.39. The summed E-state index contributed by atoms with van der Waals surface area (Å²) in [5, 5.41) is 2.42. The molecule has 1 N–H and O–H groups in total. The van der Waals surface area contributed by atoms with Gasteiger partial charge in [-0.1, -0.05) is 11.6 Å². The Kier molecular flexibility index (Phi) is 4.43. The number of anilines is 2. The van der Waals surface area contributed by atoms with E-state index < -0.39 is 17.2 Å². The van der Waals surface area contributed by atoms with Gasteiger partial charge in [0.2, 0.25) is 5.28 Å². The van der Waals surface area contributed by atoms with Gasteiger partial charge < -0.3 is 10.1 Å². The smallest absolute Gasteiger partial charge is 0.433 e. The highest BCUT2D eigenvalue weighted by molar-refractivity contribution is 6.33. The van der Waals surface area contributed by atoms with Gasteiger partial charge in [0.05, 0.1) is 17.8 Å². The highest BCUT2D eigenvalue weighted by atomic mass is 35.5. The van der Waals surface area contributed by atoms with E-state index in [-0.39, 0.29) is 5.82 Å². The van der Waals surface area contributed by atoms with Crippen LogP contribution < -0.4 is 10.1 Å². The molecule has 2 rings (SSSR count). The molecule has 0 radical (unpaired) electrons. The molecule has 4 nitrogen and oxygen atoms in total. The normalized spacial score (nSPS) is 11.3. The monoisotopic (exact) mass is 337 g/mol. The predicted molar refractivity (Wildman–Crippen MR) is 73.3 cm³/mol. The lowest BCUT2D eigenvalue weighted by molar-refractivity contribution is -0.141. The molecule has 1 aromatic heterocycles. The van der Waals surface area contributed by atoms with E-state index in [2.05, 4.69) is 15.3 Å². The average molecular weight is 338 g/mol. The van der Waals surface area contributed by atoms with Crippen LogP contribution in [-0.4, -0.2) is 17.1 Å². The summed E-state index contributed by atoms with van der Waals surface area (Å²) in [5.74, 6) is 0.357. The number of methoxy groups -OCH3 is 1. The third-order valence-electron chi connectivity index (χ3n) is 2.43. The third-order valence-corrected chi connectivity index (χ3v) is 2.92. The van der Waals surface area contributed by atoms with Crippen LogP contribution in [0.5, 0.6) is 5.75 Å². The van der Waals surface area contributed by atoms with Gasteiger partial charge in [-0.05, 0) is 23.7 Å². The molecule has 9 heteroatoms. The highest BCUT2D eigenvalue weighted by Gasteiger charge is 2.33. The summed E-state index contributed by atoms with van der Waals surface area (Å²) in [7, 11) is 1.45. The summed E-state index contributed by atoms with van der Waals surface area (Å²) in [5.41, 5.74) is -0.817. The molecule has 0 aliphatic carbocycles. The molecule has 0 aliphatic heterocycles. The quantitative estimate of drug-likeness (QED) is 0.834. The van der Waals surface area contributed by atoms with Crippen LogP contribution in [-0.2, 0) is 6.18 Å². The van der Waals surface area contributed by atoms with Crippen LogP contribution in [0, 0.1) is 0 Å². The Morgan fingerprint density at radius 2 is 1.86 bits per heavy atom. The van der Waals surface area contributed by atoms with Crippen LogP contribution in [0.3, 0.4) is 0 Å². The molecular weight excluding hydrogens is 330 g/mol. The van der Waals surface area contributed by atoms with Crippen molar-refractivity contribution in [3.05, 3.63) is 40.3 Å². The molecule has 112 valence electrons. The van der Waals surface area contributed by atoms with Crippen molar-refractivity contribution in [3.63, 3.8) is 0 Å². The predicted octanol–water partition coefficient (Wildman–Crippen LogP) is 4.55. The molecule has 0 saturated heterocycles. The van der Waals surface area contributed by atoms with Crippen LogP contribution in [0.25, 0.3) is 0 Å². The summed E-state index contributed by atoms with van der Waals surface area (Å²) in [6, 6.07) is 5.41. The minimum Gasteiger partial charge on any atom is -0.497 e. The van der Waals surface area contributed by atoms with Crippen LogP contribution >= 0.6 is 23.2 Å². The first-order valence-electron chi connectivity index (χ1n) is 5.52. The molecule has 0 fully saturated rings. The van der Waals surface area contributed by atoms with E-state index in [1.165, 1.54) is 19.2 Å². The lowest BCUT2D eigenvalue weighted by atomic mass is 10.3. The zero-order valence-corrected chi connectivity index (χ0v) is 12.0. The van der Waals surface area contributed by atoms with Crippen molar-refractivity contribution in [3.8, 4) is 5.75 Å². The third kappa shape index (κ3) is 3.89. The summed E-state index contributed by atoms with van der Waals surface area (Å²) in [6.45, 7) is 0. The Labute approximate surface area is 127 Å².